The summed E-state index contributed by atoms with van der Waals surface area (Å²) in [6.07, 6.45) is -0.396. The number of nitrogens with one attached hydrogen (secondary N) is 1. The van der Waals surface area contributed by atoms with Gasteiger partial charge in [-0.05, 0) is 37.3 Å². The lowest BCUT2D eigenvalue weighted by molar-refractivity contribution is -0.128. The fraction of sp³-hybridized carbons (Fsp3) is 0.263. The smallest absolute Gasteiger partial charge is 0.269 e. The van der Waals surface area contributed by atoms with Crippen LogP contribution in [0.3, 0.4) is 0 Å². The van der Waals surface area contributed by atoms with Gasteiger partial charge < -0.3 is 19.2 Å². The Bertz CT molecular complexity index is 934. The van der Waals surface area contributed by atoms with Crippen LogP contribution >= 0.6 is 0 Å². The number of carbonyl (C=O) groups excluding carboxylic acids is 1. The van der Waals surface area contributed by atoms with E-state index in [1.54, 1.807) is 24.3 Å². The van der Waals surface area contributed by atoms with E-state index in [0.29, 0.717) is 34.2 Å². The SMILES string of the molecule is CCc1nc2cc(NC(=O)[C@H]3Oc4ccccc4O[C@H]3C)ccc2o1. The van der Waals surface area contributed by atoms with E-state index in [4.69, 9.17) is 13.9 Å². The Balaban J connectivity index is 1.53. The molecule has 2 atom stereocenters. The fourth-order valence-electron chi connectivity index (χ4n) is 2.82. The first-order valence-corrected chi connectivity index (χ1v) is 8.26. The van der Waals surface area contributed by atoms with Crippen LogP contribution in [-0.4, -0.2) is 23.1 Å². The fourth-order valence-corrected chi connectivity index (χ4v) is 2.82. The van der Waals surface area contributed by atoms with Crippen molar-refractivity contribution in [3.63, 3.8) is 0 Å². The number of para-hydroxylation sites is 2. The van der Waals surface area contributed by atoms with Gasteiger partial charge in [0, 0.05) is 12.1 Å². The number of nitrogens with zero attached hydrogens (tertiary/aromatic N) is 1. The number of benzene rings is 2. The zero-order valence-corrected chi connectivity index (χ0v) is 14.0. The molecule has 1 N–H and O–H groups in total. The highest BCUT2D eigenvalue weighted by molar-refractivity contribution is 5.96. The molecule has 6 nitrogen and oxygen atoms in total. The molecule has 0 fully saturated rings. The van der Waals surface area contributed by atoms with Crippen LogP contribution in [0.15, 0.2) is 46.9 Å². The molecule has 1 aliphatic rings. The molecular weight excluding hydrogens is 320 g/mol. The van der Waals surface area contributed by atoms with Gasteiger partial charge in [0.25, 0.3) is 5.91 Å². The monoisotopic (exact) mass is 338 g/mol. The largest absolute Gasteiger partial charge is 0.482 e. The van der Waals surface area contributed by atoms with Crippen LogP contribution in [0, 0.1) is 0 Å². The van der Waals surface area contributed by atoms with Crippen molar-refractivity contribution in [2.45, 2.75) is 32.5 Å². The van der Waals surface area contributed by atoms with Crippen LogP contribution in [0.1, 0.15) is 19.7 Å². The van der Waals surface area contributed by atoms with Gasteiger partial charge in [-0.15, -0.1) is 0 Å². The van der Waals surface area contributed by atoms with Gasteiger partial charge in [0.05, 0.1) is 0 Å². The summed E-state index contributed by atoms with van der Waals surface area (Å²) in [5, 5.41) is 2.87. The minimum absolute atomic E-state index is 0.263. The molecule has 3 aromatic rings. The van der Waals surface area contributed by atoms with E-state index in [2.05, 4.69) is 10.3 Å². The zero-order valence-electron chi connectivity index (χ0n) is 14.0. The average Bonchev–Trinajstić information content (AvgIpc) is 3.03. The highest BCUT2D eigenvalue weighted by Crippen LogP contribution is 2.33. The second-order valence-corrected chi connectivity index (χ2v) is 5.94. The van der Waals surface area contributed by atoms with Crippen molar-refractivity contribution < 1.29 is 18.7 Å². The molecule has 0 unspecified atom stereocenters. The number of fused-ring (bicyclic) bond motifs is 2. The van der Waals surface area contributed by atoms with Crippen LogP contribution in [-0.2, 0) is 11.2 Å². The van der Waals surface area contributed by atoms with Crippen LogP contribution in [0.4, 0.5) is 5.69 Å². The summed E-state index contributed by atoms with van der Waals surface area (Å²) >= 11 is 0. The van der Waals surface area contributed by atoms with Gasteiger partial charge in [0.1, 0.15) is 11.6 Å². The normalized spacial score (nSPS) is 19.0. The Morgan fingerprint density at radius 1 is 1.16 bits per heavy atom. The summed E-state index contributed by atoms with van der Waals surface area (Å²) in [5.74, 6) is 1.63. The standard InChI is InChI=1S/C19H18N2O4/c1-3-17-21-13-10-12(8-9-14(13)24-17)20-19(22)18-11(2)23-15-6-4-5-7-16(15)25-18/h4-11,18H,3H2,1-2H3,(H,20,22)/t11-,18-/m0/s1. The quantitative estimate of drug-likeness (QED) is 0.790. The van der Waals surface area contributed by atoms with Gasteiger partial charge in [0.2, 0.25) is 6.10 Å². The van der Waals surface area contributed by atoms with E-state index in [1.807, 2.05) is 32.0 Å². The second-order valence-electron chi connectivity index (χ2n) is 5.94. The van der Waals surface area contributed by atoms with Crippen LogP contribution in [0.25, 0.3) is 11.1 Å². The van der Waals surface area contributed by atoms with Gasteiger partial charge in [0.15, 0.2) is 23.0 Å². The van der Waals surface area contributed by atoms with Crippen molar-refractivity contribution in [3.8, 4) is 11.5 Å². The Kier molecular flexibility index (Phi) is 3.80. The highest BCUT2D eigenvalue weighted by Gasteiger charge is 2.34. The van der Waals surface area contributed by atoms with Gasteiger partial charge in [-0.3, -0.25) is 4.79 Å². The van der Waals surface area contributed by atoms with Gasteiger partial charge in [-0.1, -0.05) is 19.1 Å². The predicted molar refractivity (Wildman–Crippen MR) is 93.0 cm³/mol. The molecule has 1 aromatic heterocycles. The maximum atomic E-state index is 12.6. The lowest BCUT2D eigenvalue weighted by Crippen LogP contribution is -2.46. The molecule has 0 bridgehead atoms. The number of hydrogen-bond acceptors (Lipinski definition) is 5. The van der Waals surface area contributed by atoms with Gasteiger partial charge in [-0.25, -0.2) is 4.98 Å². The molecule has 2 aromatic carbocycles. The Morgan fingerprint density at radius 2 is 1.92 bits per heavy atom. The number of hydrogen-bond donors (Lipinski definition) is 1. The van der Waals surface area contributed by atoms with E-state index in [9.17, 15) is 4.79 Å². The first kappa shape index (κ1) is 15.5. The number of aromatic nitrogens is 1. The Hall–Kier alpha value is -3.02. The predicted octanol–water partition coefficient (Wildman–Crippen LogP) is 3.56. The zero-order chi connectivity index (χ0) is 17.4. The maximum Gasteiger partial charge on any atom is 0.269 e. The van der Waals surface area contributed by atoms with E-state index in [-0.39, 0.29) is 5.91 Å². The molecule has 4 rings (SSSR count). The lowest BCUT2D eigenvalue weighted by atomic mass is 10.1. The number of anilines is 1. The average molecular weight is 338 g/mol. The summed E-state index contributed by atoms with van der Waals surface area (Å²) in [5.41, 5.74) is 2.06. The van der Waals surface area contributed by atoms with E-state index >= 15 is 0 Å². The third-order valence-electron chi connectivity index (χ3n) is 4.10. The molecule has 0 saturated heterocycles. The molecule has 0 radical (unpaired) electrons. The van der Waals surface area contributed by atoms with E-state index in [0.717, 1.165) is 6.42 Å². The molecule has 2 heterocycles. The third kappa shape index (κ3) is 2.91. The number of oxazole rings is 1. The first-order chi connectivity index (χ1) is 12.1. The lowest BCUT2D eigenvalue weighted by Gasteiger charge is -2.30. The second kappa shape index (κ2) is 6.12. The molecule has 1 aliphatic heterocycles. The summed E-state index contributed by atoms with van der Waals surface area (Å²) in [6, 6.07) is 12.7. The van der Waals surface area contributed by atoms with Crippen molar-refractivity contribution in [1.29, 1.82) is 0 Å². The van der Waals surface area contributed by atoms with E-state index < -0.39 is 12.2 Å². The highest BCUT2D eigenvalue weighted by atomic mass is 16.6. The number of rotatable bonds is 3. The summed E-state index contributed by atoms with van der Waals surface area (Å²) in [6.45, 7) is 3.79. The molecule has 25 heavy (non-hydrogen) atoms. The molecule has 0 saturated carbocycles. The number of carbonyl (C=O) groups is 1. The summed E-state index contributed by atoms with van der Waals surface area (Å²) in [7, 11) is 0. The van der Waals surface area contributed by atoms with Crippen LogP contribution in [0.2, 0.25) is 0 Å². The Morgan fingerprint density at radius 3 is 2.68 bits per heavy atom. The number of amides is 1. The molecule has 0 aliphatic carbocycles. The molecular formula is C19H18N2O4. The van der Waals surface area contributed by atoms with Crippen molar-refractivity contribution in [2.24, 2.45) is 0 Å². The molecule has 128 valence electrons. The van der Waals surface area contributed by atoms with Crippen molar-refractivity contribution in [1.82, 2.24) is 4.98 Å². The maximum absolute atomic E-state index is 12.6. The Labute approximate surface area is 144 Å². The van der Waals surface area contributed by atoms with Crippen molar-refractivity contribution >= 4 is 22.7 Å². The summed E-state index contributed by atoms with van der Waals surface area (Å²) < 4.78 is 17.2. The topological polar surface area (TPSA) is 73.6 Å². The molecule has 0 spiro atoms. The van der Waals surface area contributed by atoms with Crippen LogP contribution in [0.5, 0.6) is 11.5 Å². The first-order valence-electron chi connectivity index (χ1n) is 8.26. The molecule has 1 amide bonds. The third-order valence-corrected chi connectivity index (χ3v) is 4.10. The van der Waals surface area contributed by atoms with E-state index in [1.165, 1.54) is 0 Å². The van der Waals surface area contributed by atoms with Crippen molar-refractivity contribution in [3.05, 3.63) is 48.4 Å². The van der Waals surface area contributed by atoms with Gasteiger partial charge >= 0.3 is 0 Å². The van der Waals surface area contributed by atoms with Gasteiger partial charge in [-0.2, -0.15) is 0 Å². The number of aryl methyl sites for hydroxylation is 1. The van der Waals surface area contributed by atoms with Crippen LogP contribution < -0.4 is 14.8 Å². The number of ether oxygens (including phenoxy) is 2. The van der Waals surface area contributed by atoms with Crippen molar-refractivity contribution in [2.75, 3.05) is 5.32 Å². The minimum atomic E-state index is -0.728. The minimum Gasteiger partial charge on any atom is -0.482 e. The molecule has 6 heteroatoms. The summed E-state index contributed by atoms with van der Waals surface area (Å²) in [4.78, 5) is 17.0.